The van der Waals surface area contributed by atoms with Crippen LogP contribution in [0.4, 0.5) is 5.95 Å². The van der Waals surface area contributed by atoms with Crippen LogP contribution in [0, 0.1) is 0 Å². The summed E-state index contributed by atoms with van der Waals surface area (Å²) in [6, 6.07) is 19.3. The molecular weight excluding hydrogens is 296 g/mol. The third kappa shape index (κ3) is 3.54. The highest BCUT2D eigenvalue weighted by atomic mass is 15.2. The maximum atomic E-state index is 4.62. The second-order valence-corrected chi connectivity index (χ2v) is 6.43. The van der Waals surface area contributed by atoms with E-state index in [0.717, 1.165) is 49.3 Å². The fourth-order valence-electron chi connectivity index (χ4n) is 3.30. The molecule has 0 amide bonds. The molecule has 0 radical (unpaired) electrons. The van der Waals surface area contributed by atoms with Gasteiger partial charge in [0.05, 0.1) is 5.52 Å². The maximum Gasteiger partial charge on any atom is 0.223 e. The van der Waals surface area contributed by atoms with Gasteiger partial charge in [-0.1, -0.05) is 48.5 Å². The molecule has 0 aliphatic carbocycles. The van der Waals surface area contributed by atoms with E-state index < -0.39 is 0 Å². The lowest BCUT2D eigenvalue weighted by Crippen LogP contribution is -2.38. The molecule has 122 valence electrons. The number of para-hydroxylation sites is 1. The summed E-state index contributed by atoms with van der Waals surface area (Å²) in [7, 11) is 0. The molecule has 0 bridgehead atoms. The van der Waals surface area contributed by atoms with Crippen LogP contribution in [0.5, 0.6) is 0 Å². The average Bonchev–Trinajstić information content (AvgIpc) is 2.64. The fourth-order valence-corrected chi connectivity index (χ4v) is 3.30. The maximum absolute atomic E-state index is 4.62. The van der Waals surface area contributed by atoms with Crippen molar-refractivity contribution in [1.29, 1.82) is 0 Å². The van der Waals surface area contributed by atoms with Crippen molar-refractivity contribution in [2.24, 2.45) is 0 Å². The van der Waals surface area contributed by atoms with E-state index >= 15 is 0 Å². The quantitative estimate of drug-likeness (QED) is 0.796. The Labute approximate surface area is 142 Å². The lowest BCUT2D eigenvalue weighted by Gasteiger charge is -2.32. The Bertz CT molecular complexity index is 795. The third-order valence-corrected chi connectivity index (χ3v) is 4.66. The minimum Gasteiger partial charge on any atom is -0.351 e. The molecule has 2 heterocycles. The van der Waals surface area contributed by atoms with E-state index in [-0.39, 0.29) is 0 Å². The number of aromatic nitrogens is 2. The zero-order valence-corrected chi connectivity index (χ0v) is 13.7. The van der Waals surface area contributed by atoms with Gasteiger partial charge in [-0.15, -0.1) is 0 Å². The van der Waals surface area contributed by atoms with Gasteiger partial charge in [-0.25, -0.2) is 9.97 Å². The number of hydrogen-bond acceptors (Lipinski definition) is 4. The van der Waals surface area contributed by atoms with Gasteiger partial charge in [-0.3, -0.25) is 4.90 Å². The first-order chi connectivity index (χ1) is 11.9. The highest BCUT2D eigenvalue weighted by Gasteiger charge is 2.19. The molecule has 0 spiro atoms. The summed E-state index contributed by atoms with van der Waals surface area (Å²) in [6.07, 6.45) is 4.15. The molecule has 0 atom stereocenters. The second kappa shape index (κ2) is 6.97. The standard InChI is InChI=1S/C20H22N4/c1-2-6-16(7-3-1)15-24-12-10-18(11-13-24)22-20-21-14-17-8-4-5-9-19(17)23-20/h1-9,14,18H,10-13,15H2,(H,21,22,23). The van der Waals surface area contributed by atoms with Crippen LogP contribution in [0.3, 0.4) is 0 Å². The first-order valence-electron chi connectivity index (χ1n) is 8.61. The zero-order valence-electron chi connectivity index (χ0n) is 13.7. The predicted octanol–water partition coefficient (Wildman–Crippen LogP) is 3.71. The Balaban J connectivity index is 1.34. The van der Waals surface area contributed by atoms with Crippen LogP contribution in [0.1, 0.15) is 18.4 Å². The van der Waals surface area contributed by atoms with Crippen molar-refractivity contribution in [2.45, 2.75) is 25.4 Å². The molecule has 3 aromatic rings. The summed E-state index contributed by atoms with van der Waals surface area (Å²) >= 11 is 0. The molecule has 1 N–H and O–H groups in total. The molecule has 4 rings (SSSR count). The summed E-state index contributed by atoms with van der Waals surface area (Å²) in [5.41, 5.74) is 2.39. The van der Waals surface area contributed by atoms with Crippen molar-refractivity contribution in [3.05, 3.63) is 66.4 Å². The van der Waals surface area contributed by atoms with Gasteiger partial charge >= 0.3 is 0 Å². The summed E-state index contributed by atoms with van der Waals surface area (Å²) in [6.45, 7) is 3.26. The first-order valence-corrected chi connectivity index (χ1v) is 8.61. The summed E-state index contributed by atoms with van der Waals surface area (Å²) in [5.74, 6) is 0.746. The Hall–Kier alpha value is -2.46. The van der Waals surface area contributed by atoms with Crippen molar-refractivity contribution in [3.63, 3.8) is 0 Å². The zero-order chi connectivity index (χ0) is 16.2. The highest BCUT2D eigenvalue weighted by molar-refractivity contribution is 5.78. The van der Waals surface area contributed by atoms with E-state index in [1.165, 1.54) is 5.56 Å². The predicted molar refractivity (Wildman–Crippen MR) is 97.9 cm³/mol. The van der Waals surface area contributed by atoms with Gasteiger partial charge in [-0.2, -0.15) is 0 Å². The fraction of sp³-hybridized carbons (Fsp3) is 0.300. The van der Waals surface area contributed by atoms with E-state index in [2.05, 4.69) is 50.5 Å². The number of benzene rings is 2. The molecule has 2 aromatic carbocycles. The van der Waals surface area contributed by atoms with Crippen molar-refractivity contribution in [3.8, 4) is 0 Å². The minimum atomic E-state index is 0.457. The van der Waals surface area contributed by atoms with Crippen LogP contribution in [-0.2, 0) is 6.54 Å². The number of anilines is 1. The molecule has 1 aliphatic heterocycles. The van der Waals surface area contributed by atoms with E-state index in [1.54, 1.807) is 0 Å². The van der Waals surface area contributed by atoms with E-state index in [1.807, 2.05) is 30.5 Å². The second-order valence-electron chi connectivity index (χ2n) is 6.43. The van der Waals surface area contributed by atoms with Gasteiger partial charge in [0, 0.05) is 37.3 Å². The molecule has 1 aliphatic rings. The minimum absolute atomic E-state index is 0.457. The van der Waals surface area contributed by atoms with E-state index in [4.69, 9.17) is 0 Å². The molecule has 1 fully saturated rings. The lowest BCUT2D eigenvalue weighted by atomic mass is 10.0. The summed E-state index contributed by atoms with van der Waals surface area (Å²) < 4.78 is 0. The first kappa shape index (κ1) is 15.1. The largest absolute Gasteiger partial charge is 0.351 e. The average molecular weight is 318 g/mol. The van der Waals surface area contributed by atoms with Crippen LogP contribution in [0.25, 0.3) is 10.9 Å². The molecule has 0 saturated carbocycles. The van der Waals surface area contributed by atoms with Crippen LogP contribution < -0.4 is 5.32 Å². The number of nitrogens with zero attached hydrogens (tertiary/aromatic N) is 3. The number of likely N-dealkylation sites (tertiary alicyclic amines) is 1. The number of fused-ring (bicyclic) bond motifs is 1. The Morgan fingerprint density at radius 3 is 2.54 bits per heavy atom. The topological polar surface area (TPSA) is 41.0 Å². The van der Waals surface area contributed by atoms with Gasteiger partial charge < -0.3 is 5.32 Å². The molecule has 1 aromatic heterocycles. The molecular formula is C20H22N4. The normalized spacial score (nSPS) is 16.3. The Morgan fingerprint density at radius 2 is 1.71 bits per heavy atom. The van der Waals surface area contributed by atoms with Crippen LogP contribution in [-0.4, -0.2) is 34.0 Å². The Kier molecular flexibility index (Phi) is 4.38. The monoisotopic (exact) mass is 318 g/mol. The summed E-state index contributed by atoms with van der Waals surface area (Å²) in [5, 5.41) is 4.59. The molecule has 1 saturated heterocycles. The van der Waals surface area contributed by atoms with E-state index in [0.29, 0.717) is 6.04 Å². The number of hydrogen-bond donors (Lipinski definition) is 1. The lowest BCUT2D eigenvalue weighted by molar-refractivity contribution is 0.211. The Morgan fingerprint density at radius 1 is 0.958 bits per heavy atom. The molecule has 24 heavy (non-hydrogen) atoms. The number of piperidine rings is 1. The van der Waals surface area contributed by atoms with Gasteiger partial charge in [0.25, 0.3) is 0 Å². The highest BCUT2D eigenvalue weighted by Crippen LogP contribution is 2.18. The molecule has 0 unspecified atom stereocenters. The molecule has 4 heteroatoms. The molecule has 4 nitrogen and oxygen atoms in total. The van der Waals surface area contributed by atoms with Crippen LogP contribution >= 0.6 is 0 Å². The number of rotatable bonds is 4. The third-order valence-electron chi connectivity index (χ3n) is 4.66. The van der Waals surface area contributed by atoms with Gasteiger partial charge in [-0.05, 0) is 24.5 Å². The van der Waals surface area contributed by atoms with Crippen molar-refractivity contribution >= 4 is 16.9 Å². The smallest absolute Gasteiger partial charge is 0.223 e. The van der Waals surface area contributed by atoms with Gasteiger partial charge in [0.1, 0.15) is 0 Å². The van der Waals surface area contributed by atoms with Crippen molar-refractivity contribution in [2.75, 3.05) is 18.4 Å². The van der Waals surface area contributed by atoms with Crippen LogP contribution in [0.2, 0.25) is 0 Å². The van der Waals surface area contributed by atoms with Gasteiger partial charge in [0.2, 0.25) is 5.95 Å². The van der Waals surface area contributed by atoms with Gasteiger partial charge in [0.15, 0.2) is 0 Å². The van der Waals surface area contributed by atoms with E-state index in [9.17, 15) is 0 Å². The van der Waals surface area contributed by atoms with Crippen molar-refractivity contribution in [1.82, 2.24) is 14.9 Å². The van der Waals surface area contributed by atoms with Crippen LogP contribution in [0.15, 0.2) is 60.8 Å². The SMILES string of the molecule is c1ccc(CN2CCC(Nc3ncc4ccccc4n3)CC2)cc1. The summed E-state index contributed by atoms with van der Waals surface area (Å²) in [4.78, 5) is 11.6. The number of nitrogens with one attached hydrogen (secondary N) is 1. The van der Waals surface area contributed by atoms with Crippen molar-refractivity contribution < 1.29 is 0 Å².